The lowest BCUT2D eigenvalue weighted by Crippen LogP contribution is -2.51. The SMILES string of the molecule is CC1(C)CCC(CN2CCN(c3ccc(C(=O)NS(=O)(=O)c4cc5c(c([N+](=O)[O-])c4)C[C@H](CCN4CC(O)C4)CO5)c(Oc4cnc5[nH]ccc5c4)c3)CC2)=C(c2ccc(Cl)cc2)C1. The van der Waals surface area contributed by atoms with Crippen molar-refractivity contribution in [3.05, 3.63) is 117 Å². The van der Waals surface area contributed by atoms with Gasteiger partial charge in [0.1, 0.15) is 22.9 Å². The number of pyridine rings is 1. The number of nitro groups is 1. The van der Waals surface area contributed by atoms with E-state index in [4.69, 9.17) is 21.1 Å². The maximum absolute atomic E-state index is 14.0. The third-order valence-corrected chi connectivity index (χ3v) is 14.6. The van der Waals surface area contributed by atoms with E-state index in [0.29, 0.717) is 56.0 Å². The van der Waals surface area contributed by atoms with E-state index in [1.54, 1.807) is 24.4 Å². The molecule has 1 atom stereocenters. The monoisotopic (exact) mass is 909 g/mol. The van der Waals surface area contributed by atoms with E-state index < -0.39 is 31.4 Å². The quantitative estimate of drug-likeness (QED) is 0.0786. The van der Waals surface area contributed by atoms with Crippen molar-refractivity contribution in [2.24, 2.45) is 11.3 Å². The Morgan fingerprint density at radius 3 is 2.59 bits per heavy atom. The number of anilines is 1. The number of carbonyl (C=O) groups is 1. The molecule has 2 aromatic heterocycles. The number of piperazine rings is 1. The van der Waals surface area contributed by atoms with Crippen molar-refractivity contribution in [1.29, 1.82) is 0 Å². The van der Waals surface area contributed by atoms with Gasteiger partial charge in [-0.25, -0.2) is 18.1 Å². The number of nitro benzene ring substituents is 1. The number of amides is 1. The van der Waals surface area contributed by atoms with Gasteiger partial charge in [-0.1, -0.05) is 43.2 Å². The van der Waals surface area contributed by atoms with Crippen LogP contribution in [-0.4, -0.2) is 109 Å². The van der Waals surface area contributed by atoms with Crippen molar-refractivity contribution in [3.8, 4) is 17.2 Å². The van der Waals surface area contributed by atoms with Gasteiger partial charge in [0, 0.05) is 86.3 Å². The molecule has 2 saturated heterocycles. The van der Waals surface area contributed by atoms with E-state index in [-0.39, 0.29) is 41.1 Å². The lowest BCUT2D eigenvalue weighted by Gasteiger charge is -2.39. The number of nitrogens with one attached hydrogen (secondary N) is 2. The summed E-state index contributed by atoms with van der Waals surface area (Å²) in [6, 6.07) is 19.0. The number of sulfonamides is 1. The Hall–Kier alpha value is -5.52. The van der Waals surface area contributed by atoms with Crippen LogP contribution in [0.15, 0.2) is 89.6 Å². The van der Waals surface area contributed by atoms with Crippen molar-refractivity contribution in [2.75, 3.05) is 63.9 Å². The fraction of sp³-hybridized carbons (Fsp3) is 0.404. The molecule has 3 aliphatic heterocycles. The van der Waals surface area contributed by atoms with Crippen molar-refractivity contribution in [2.45, 2.75) is 57.0 Å². The molecule has 0 saturated carbocycles. The molecular weight excluding hydrogens is 858 g/mol. The molecule has 17 heteroatoms. The molecule has 64 heavy (non-hydrogen) atoms. The topological polar surface area (TPSA) is 183 Å². The number of aliphatic hydroxyl groups is 1. The van der Waals surface area contributed by atoms with Gasteiger partial charge in [-0.05, 0) is 97.5 Å². The summed E-state index contributed by atoms with van der Waals surface area (Å²) in [5.41, 5.74) is 5.64. The lowest BCUT2D eigenvalue weighted by atomic mass is 9.72. The van der Waals surface area contributed by atoms with Crippen LogP contribution in [0.4, 0.5) is 11.4 Å². The highest BCUT2D eigenvalue weighted by Crippen LogP contribution is 2.44. The average molecular weight is 910 g/mol. The fourth-order valence-corrected chi connectivity index (χ4v) is 10.4. The van der Waals surface area contributed by atoms with Gasteiger partial charge in [-0.3, -0.25) is 24.7 Å². The number of hydrogen-bond acceptors (Lipinski definition) is 12. The minimum atomic E-state index is -4.64. The molecule has 15 nitrogen and oxygen atoms in total. The maximum Gasteiger partial charge on any atom is 0.277 e. The molecule has 3 N–H and O–H groups in total. The minimum Gasteiger partial charge on any atom is -0.493 e. The summed E-state index contributed by atoms with van der Waals surface area (Å²) in [6.07, 6.45) is 7.17. The third kappa shape index (κ3) is 9.61. The van der Waals surface area contributed by atoms with Gasteiger partial charge in [0.2, 0.25) is 0 Å². The first-order valence-corrected chi connectivity index (χ1v) is 23.6. The number of rotatable bonds is 13. The number of likely N-dealkylation sites (tertiary alicyclic amines) is 1. The van der Waals surface area contributed by atoms with Gasteiger partial charge < -0.3 is 24.5 Å². The summed E-state index contributed by atoms with van der Waals surface area (Å²) in [4.78, 5) is 39.5. The first-order valence-electron chi connectivity index (χ1n) is 21.8. The van der Waals surface area contributed by atoms with E-state index in [1.807, 2.05) is 18.2 Å². The number of benzene rings is 3. The minimum absolute atomic E-state index is 0.0227. The number of nitrogens with zero attached hydrogens (tertiary/aromatic N) is 5. The first kappa shape index (κ1) is 43.7. The molecule has 9 rings (SSSR count). The van der Waals surface area contributed by atoms with Crippen LogP contribution in [0.3, 0.4) is 0 Å². The molecule has 0 bridgehead atoms. The fourth-order valence-electron chi connectivity index (χ4n) is 9.31. The molecule has 336 valence electrons. The molecule has 0 radical (unpaired) electrons. The molecule has 3 aromatic carbocycles. The Morgan fingerprint density at radius 2 is 1.84 bits per heavy atom. The van der Waals surface area contributed by atoms with Crippen LogP contribution in [0.5, 0.6) is 17.2 Å². The highest BCUT2D eigenvalue weighted by atomic mass is 35.5. The van der Waals surface area contributed by atoms with E-state index >= 15 is 0 Å². The standard InChI is InChI=1S/C47H52ClN7O8S/c1-47(2)12-9-33(41(24-47)31-3-5-34(48)6-4-31)26-52-15-17-54(18-16-52)35-7-8-39(44(21-35)63-37-20-32-10-13-49-45(32)50-25-37)46(57)51-64(60,61)38-22-42(55(58)59)40-19-30(29-62-43(40)23-38)11-14-53-27-36(56)28-53/h3-8,10,13,20-23,25,30,36,56H,9,11-12,14-19,24,26-29H2,1-2H3,(H,49,50)(H,51,57)/t30-/m0/s1. The van der Waals surface area contributed by atoms with E-state index in [9.17, 15) is 28.4 Å². The van der Waals surface area contributed by atoms with Gasteiger partial charge in [0.05, 0.1) is 39.9 Å². The van der Waals surface area contributed by atoms with Crippen molar-refractivity contribution in [3.63, 3.8) is 0 Å². The highest BCUT2D eigenvalue weighted by Gasteiger charge is 2.34. The van der Waals surface area contributed by atoms with E-state index in [1.165, 1.54) is 35.0 Å². The summed E-state index contributed by atoms with van der Waals surface area (Å²) in [5, 5.41) is 23.4. The van der Waals surface area contributed by atoms with Gasteiger partial charge in [-0.15, -0.1) is 0 Å². The van der Waals surface area contributed by atoms with Gasteiger partial charge >= 0.3 is 0 Å². The number of allylic oxidation sites excluding steroid dienone is 1. The number of aromatic nitrogens is 2. The first-order chi connectivity index (χ1) is 30.7. The van der Waals surface area contributed by atoms with Gasteiger partial charge in [-0.2, -0.15) is 0 Å². The second kappa shape index (κ2) is 17.8. The summed E-state index contributed by atoms with van der Waals surface area (Å²) in [5.74, 6) is -0.439. The second-order valence-corrected chi connectivity index (χ2v) is 20.4. The number of β-amino-alcohol motifs (C(OH)–C–C–N with tert-alkyl or cyclic N) is 1. The zero-order valence-corrected chi connectivity index (χ0v) is 37.5. The van der Waals surface area contributed by atoms with E-state index in [2.05, 4.69) is 55.4 Å². The Balaban J connectivity index is 0.931. The van der Waals surface area contributed by atoms with Crippen LogP contribution in [0, 0.1) is 21.4 Å². The number of carbonyl (C=O) groups excluding carboxylic acids is 1. The van der Waals surface area contributed by atoms with Gasteiger partial charge in [0.25, 0.3) is 21.6 Å². The van der Waals surface area contributed by atoms with Crippen molar-refractivity contribution >= 4 is 55.5 Å². The van der Waals surface area contributed by atoms with Crippen LogP contribution in [-0.2, 0) is 16.4 Å². The maximum atomic E-state index is 14.0. The lowest BCUT2D eigenvalue weighted by molar-refractivity contribution is -0.386. The zero-order chi connectivity index (χ0) is 44.8. The largest absolute Gasteiger partial charge is 0.493 e. The Morgan fingerprint density at radius 1 is 1.06 bits per heavy atom. The summed E-state index contributed by atoms with van der Waals surface area (Å²) < 4.78 is 42.2. The Bertz CT molecular complexity index is 2730. The van der Waals surface area contributed by atoms with Crippen LogP contribution in [0.2, 0.25) is 5.02 Å². The molecule has 5 aromatic rings. The molecule has 2 fully saturated rings. The van der Waals surface area contributed by atoms with Crippen LogP contribution < -0.4 is 19.1 Å². The number of hydrogen-bond donors (Lipinski definition) is 3. The number of H-pyrrole nitrogens is 1. The molecule has 5 heterocycles. The number of fused-ring (bicyclic) bond motifs is 2. The average Bonchev–Trinajstić information content (AvgIpc) is 3.73. The molecule has 4 aliphatic rings. The summed E-state index contributed by atoms with van der Waals surface area (Å²) in [7, 11) is -4.64. The number of aromatic amines is 1. The summed E-state index contributed by atoms with van der Waals surface area (Å²) >= 11 is 6.25. The molecule has 1 amide bonds. The molecular formula is C47H52ClN7O8S. The molecule has 0 unspecified atom stereocenters. The number of aliphatic hydroxyl groups excluding tert-OH is 1. The third-order valence-electron chi connectivity index (χ3n) is 13.0. The zero-order valence-electron chi connectivity index (χ0n) is 35.9. The predicted octanol–water partition coefficient (Wildman–Crippen LogP) is 7.44. The predicted molar refractivity (Wildman–Crippen MR) is 245 cm³/mol. The normalized spacial score (nSPS) is 19.5. The molecule has 0 spiro atoms. The van der Waals surface area contributed by atoms with Crippen molar-refractivity contribution < 1.29 is 32.7 Å². The summed E-state index contributed by atoms with van der Waals surface area (Å²) in [6.45, 7) is 10.8. The van der Waals surface area contributed by atoms with Crippen LogP contribution in [0.25, 0.3) is 16.6 Å². The van der Waals surface area contributed by atoms with Crippen LogP contribution in [0.1, 0.15) is 61.0 Å². The Labute approximate surface area is 377 Å². The second-order valence-electron chi connectivity index (χ2n) is 18.3. The number of halogens is 1. The smallest absolute Gasteiger partial charge is 0.277 e. The van der Waals surface area contributed by atoms with E-state index in [0.717, 1.165) is 67.6 Å². The molecule has 1 aliphatic carbocycles. The van der Waals surface area contributed by atoms with Crippen LogP contribution >= 0.6 is 11.6 Å². The number of ether oxygens (including phenoxy) is 2. The van der Waals surface area contributed by atoms with Crippen molar-refractivity contribution in [1.82, 2.24) is 24.5 Å². The van der Waals surface area contributed by atoms with Gasteiger partial charge in [0.15, 0.2) is 0 Å². The highest BCUT2D eigenvalue weighted by molar-refractivity contribution is 7.90. The Kier molecular flexibility index (Phi) is 12.2.